The standard InChI is InChI=1S/C14H18BrNO5/c1-5-9(15)12(18)16-13-11(14(19)20-6-2)10(7(3)17)8(4)21-13/h9H,5-6H2,1-4H3,(H,16,18). The van der Waals surface area contributed by atoms with Gasteiger partial charge in [-0.3, -0.25) is 14.9 Å². The van der Waals surface area contributed by atoms with Crippen molar-refractivity contribution in [2.75, 3.05) is 11.9 Å². The van der Waals surface area contributed by atoms with Crippen LogP contribution in [0.15, 0.2) is 4.42 Å². The van der Waals surface area contributed by atoms with E-state index < -0.39 is 10.8 Å². The van der Waals surface area contributed by atoms with E-state index in [-0.39, 0.29) is 41.1 Å². The lowest BCUT2D eigenvalue weighted by atomic mass is 10.1. The second-order valence-corrected chi connectivity index (χ2v) is 5.48. The second-order valence-electron chi connectivity index (χ2n) is 4.38. The Morgan fingerprint density at radius 3 is 2.38 bits per heavy atom. The van der Waals surface area contributed by atoms with Crippen LogP contribution in [-0.2, 0) is 9.53 Å². The first-order valence-corrected chi connectivity index (χ1v) is 7.51. The van der Waals surface area contributed by atoms with Gasteiger partial charge in [0.1, 0.15) is 11.3 Å². The Bertz CT molecular complexity index is 564. The summed E-state index contributed by atoms with van der Waals surface area (Å²) >= 11 is 3.21. The fourth-order valence-corrected chi connectivity index (χ4v) is 1.94. The van der Waals surface area contributed by atoms with Crippen molar-refractivity contribution in [1.82, 2.24) is 0 Å². The van der Waals surface area contributed by atoms with Crippen LogP contribution in [0.1, 0.15) is 53.7 Å². The van der Waals surface area contributed by atoms with Crippen LogP contribution in [0.4, 0.5) is 5.88 Å². The fraction of sp³-hybridized carbons (Fsp3) is 0.500. The summed E-state index contributed by atoms with van der Waals surface area (Å²) in [6.07, 6.45) is 0.569. The molecule has 116 valence electrons. The average molecular weight is 360 g/mol. The minimum atomic E-state index is -0.697. The summed E-state index contributed by atoms with van der Waals surface area (Å²) < 4.78 is 10.3. The van der Waals surface area contributed by atoms with Crippen LogP contribution in [0.25, 0.3) is 0 Å². The summed E-state index contributed by atoms with van der Waals surface area (Å²) in [5.74, 6) is -1.17. The van der Waals surface area contributed by atoms with Gasteiger partial charge >= 0.3 is 5.97 Å². The first-order valence-electron chi connectivity index (χ1n) is 6.59. The maximum absolute atomic E-state index is 12.0. The maximum atomic E-state index is 12.0. The van der Waals surface area contributed by atoms with E-state index in [1.165, 1.54) is 6.92 Å². The zero-order valence-electron chi connectivity index (χ0n) is 12.4. The SMILES string of the molecule is CCOC(=O)c1c(NC(=O)C(Br)CC)oc(C)c1C(C)=O. The third-order valence-corrected chi connectivity index (χ3v) is 3.86. The maximum Gasteiger partial charge on any atom is 0.344 e. The van der Waals surface area contributed by atoms with Gasteiger partial charge in [-0.25, -0.2) is 4.79 Å². The summed E-state index contributed by atoms with van der Waals surface area (Å²) in [6, 6.07) is 0. The molecule has 1 aromatic heterocycles. The topological polar surface area (TPSA) is 85.6 Å². The molecule has 0 saturated carbocycles. The number of carbonyl (C=O) groups excluding carboxylic acids is 3. The largest absolute Gasteiger partial charge is 0.462 e. The number of ether oxygens (including phenoxy) is 1. The number of amides is 1. The monoisotopic (exact) mass is 359 g/mol. The highest BCUT2D eigenvalue weighted by Crippen LogP contribution is 2.29. The number of alkyl halides is 1. The Morgan fingerprint density at radius 1 is 1.29 bits per heavy atom. The highest BCUT2D eigenvalue weighted by atomic mass is 79.9. The van der Waals surface area contributed by atoms with Crippen molar-refractivity contribution in [3.63, 3.8) is 0 Å². The lowest BCUT2D eigenvalue weighted by Crippen LogP contribution is -2.23. The molecule has 0 aliphatic carbocycles. The van der Waals surface area contributed by atoms with E-state index in [0.717, 1.165) is 0 Å². The van der Waals surface area contributed by atoms with Crippen molar-refractivity contribution in [3.05, 3.63) is 16.9 Å². The van der Waals surface area contributed by atoms with Crippen LogP contribution < -0.4 is 5.32 Å². The lowest BCUT2D eigenvalue weighted by molar-refractivity contribution is -0.115. The van der Waals surface area contributed by atoms with E-state index in [1.54, 1.807) is 13.8 Å². The van der Waals surface area contributed by atoms with Crippen LogP contribution in [0.5, 0.6) is 0 Å². The first-order chi connectivity index (χ1) is 9.83. The number of hydrogen-bond acceptors (Lipinski definition) is 5. The van der Waals surface area contributed by atoms with Crippen molar-refractivity contribution in [2.24, 2.45) is 0 Å². The summed E-state index contributed by atoms with van der Waals surface area (Å²) in [5.41, 5.74) is 0.0948. The van der Waals surface area contributed by atoms with Gasteiger partial charge in [0.25, 0.3) is 0 Å². The molecule has 6 nitrogen and oxygen atoms in total. The molecule has 1 unspecified atom stereocenters. The molecule has 1 N–H and O–H groups in total. The number of halogens is 1. The molecule has 0 spiro atoms. The average Bonchev–Trinajstić information content (AvgIpc) is 2.74. The zero-order chi connectivity index (χ0) is 16.2. The van der Waals surface area contributed by atoms with Gasteiger partial charge in [-0.1, -0.05) is 22.9 Å². The molecule has 0 fully saturated rings. The number of anilines is 1. The van der Waals surface area contributed by atoms with Gasteiger partial charge in [-0.15, -0.1) is 0 Å². The molecule has 0 aliphatic rings. The number of rotatable bonds is 6. The Kier molecular flexibility index (Phi) is 6.14. The van der Waals surface area contributed by atoms with Crippen LogP contribution >= 0.6 is 15.9 Å². The van der Waals surface area contributed by atoms with Crippen LogP contribution in [0.2, 0.25) is 0 Å². The molecule has 1 atom stereocenters. The quantitative estimate of drug-likeness (QED) is 0.479. The molecule has 0 bridgehead atoms. The van der Waals surface area contributed by atoms with Crippen LogP contribution in [0, 0.1) is 6.92 Å². The number of esters is 1. The smallest absolute Gasteiger partial charge is 0.344 e. The minimum Gasteiger partial charge on any atom is -0.462 e. The zero-order valence-corrected chi connectivity index (χ0v) is 14.0. The minimum absolute atomic E-state index is 0.0361. The number of ketones is 1. The van der Waals surface area contributed by atoms with E-state index >= 15 is 0 Å². The lowest BCUT2D eigenvalue weighted by Gasteiger charge is -2.08. The van der Waals surface area contributed by atoms with Crippen molar-refractivity contribution in [3.8, 4) is 0 Å². The Hall–Kier alpha value is -1.63. The number of furan rings is 1. The van der Waals surface area contributed by atoms with Crippen molar-refractivity contribution in [1.29, 1.82) is 0 Å². The van der Waals surface area contributed by atoms with Gasteiger partial charge in [-0.2, -0.15) is 0 Å². The first kappa shape index (κ1) is 17.4. The van der Waals surface area contributed by atoms with Gasteiger partial charge in [0, 0.05) is 0 Å². The van der Waals surface area contributed by atoms with Crippen molar-refractivity contribution < 1.29 is 23.5 Å². The molecular weight excluding hydrogens is 342 g/mol. The second kappa shape index (κ2) is 7.40. The number of aryl methyl sites for hydroxylation is 1. The molecule has 1 heterocycles. The van der Waals surface area contributed by atoms with Crippen LogP contribution in [-0.4, -0.2) is 29.1 Å². The fourth-order valence-electron chi connectivity index (χ4n) is 1.83. The van der Waals surface area contributed by atoms with Gasteiger partial charge < -0.3 is 9.15 Å². The molecule has 0 saturated heterocycles. The van der Waals surface area contributed by atoms with Gasteiger partial charge in [0.15, 0.2) is 5.78 Å². The Labute approximate surface area is 131 Å². The van der Waals surface area contributed by atoms with E-state index in [9.17, 15) is 14.4 Å². The van der Waals surface area contributed by atoms with Gasteiger partial charge in [0.05, 0.1) is 17.0 Å². The molecule has 1 aromatic rings. The number of Topliss-reactive ketones (excluding diaryl/α,β-unsaturated/α-hetero) is 1. The van der Waals surface area contributed by atoms with Crippen molar-refractivity contribution >= 4 is 39.5 Å². The van der Waals surface area contributed by atoms with Crippen molar-refractivity contribution in [2.45, 2.75) is 38.9 Å². The molecular formula is C14H18BrNO5. The summed E-state index contributed by atoms with van der Waals surface area (Å²) in [6.45, 7) is 6.53. The number of nitrogens with one attached hydrogen (secondary N) is 1. The van der Waals surface area contributed by atoms with E-state index in [1.807, 2.05) is 6.92 Å². The Morgan fingerprint density at radius 2 is 1.90 bits per heavy atom. The normalized spacial score (nSPS) is 11.9. The summed E-state index contributed by atoms with van der Waals surface area (Å²) in [5, 5.41) is 2.51. The predicted octanol–water partition coefficient (Wildman–Crippen LogP) is 3.08. The molecule has 1 rings (SSSR count). The van der Waals surface area contributed by atoms with E-state index in [2.05, 4.69) is 21.2 Å². The highest BCUT2D eigenvalue weighted by molar-refractivity contribution is 9.10. The Balaban J connectivity index is 3.25. The molecule has 0 aliphatic heterocycles. The van der Waals surface area contributed by atoms with E-state index in [4.69, 9.17) is 9.15 Å². The van der Waals surface area contributed by atoms with E-state index in [0.29, 0.717) is 6.42 Å². The molecule has 7 heteroatoms. The predicted molar refractivity (Wildman–Crippen MR) is 81.0 cm³/mol. The van der Waals surface area contributed by atoms with Crippen LogP contribution in [0.3, 0.4) is 0 Å². The molecule has 21 heavy (non-hydrogen) atoms. The number of carbonyl (C=O) groups is 3. The molecule has 1 amide bonds. The summed E-state index contributed by atoms with van der Waals surface area (Å²) in [7, 11) is 0. The highest BCUT2D eigenvalue weighted by Gasteiger charge is 2.29. The van der Waals surface area contributed by atoms with Gasteiger partial charge in [-0.05, 0) is 27.2 Å². The third kappa shape index (κ3) is 3.93. The summed E-state index contributed by atoms with van der Waals surface area (Å²) in [4.78, 5) is 35.2. The number of hydrogen-bond donors (Lipinski definition) is 1. The third-order valence-electron chi connectivity index (χ3n) is 2.80. The molecule has 0 radical (unpaired) electrons. The molecule has 0 aromatic carbocycles. The van der Waals surface area contributed by atoms with Gasteiger partial charge in [0.2, 0.25) is 11.8 Å².